The molecule has 1 aromatic heterocycles. The Morgan fingerprint density at radius 2 is 2.46 bits per heavy atom. The molecule has 0 amide bonds. The van der Waals surface area contributed by atoms with Gasteiger partial charge in [-0.1, -0.05) is 5.16 Å². The van der Waals surface area contributed by atoms with E-state index in [1.807, 2.05) is 0 Å². The standard InChI is InChI=1S/C9H15N3O/c1-12-5-3-7-8(2-4-10)11-13-9(7)6-12/h2-6,10H2,1H3. The summed E-state index contributed by atoms with van der Waals surface area (Å²) in [5, 5.41) is 4.04. The van der Waals surface area contributed by atoms with E-state index in [2.05, 4.69) is 17.1 Å². The first-order chi connectivity index (χ1) is 6.31. The van der Waals surface area contributed by atoms with Crippen molar-refractivity contribution in [1.82, 2.24) is 10.1 Å². The smallest absolute Gasteiger partial charge is 0.154 e. The molecule has 1 aliphatic rings. The van der Waals surface area contributed by atoms with E-state index in [-0.39, 0.29) is 0 Å². The highest BCUT2D eigenvalue weighted by atomic mass is 16.5. The van der Waals surface area contributed by atoms with Crippen molar-refractivity contribution in [3.05, 3.63) is 17.0 Å². The summed E-state index contributed by atoms with van der Waals surface area (Å²) in [4.78, 5) is 2.24. The molecule has 0 saturated carbocycles. The van der Waals surface area contributed by atoms with Crippen LogP contribution in [-0.2, 0) is 19.4 Å². The van der Waals surface area contributed by atoms with Gasteiger partial charge in [0.1, 0.15) is 0 Å². The van der Waals surface area contributed by atoms with Crippen LogP contribution in [0.5, 0.6) is 0 Å². The molecule has 0 aliphatic carbocycles. The van der Waals surface area contributed by atoms with Crippen molar-refractivity contribution in [2.24, 2.45) is 5.73 Å². The highest BCUT2D eigenvalue weighted by molar-refractivity contribution is 5.25. The van der Waals surface area contributed by atoms with E-state index in [1.165, 1.54) is 5.56 Å². The minimum Gasteiger partial charge on any atom is -0.359 e. The highest BCUT2D eigenvalue weighted by Gasteiger charge is 2.21. The van der Waals surface area contributed by atoms with Gasteiger partial charge in [0.15, 0.2) is 5.76 Å². The summed E-state index contributed by atoms with van der Waals surface area (Å²) >= 11 is 0. The average Bonchev–Trinajstić information content (AvgIpc) is 2.49. The van der Waals surface area contributed by atoms with Gasteiger partial charge in [-0.2, -0.15) is 0 Å². The summed E-state index contributed by atoms with van der Waals surface area (Å²) in [6.07, 6.45) is 1.88. The summed E-state index contributed by atoms with van der Waals surface area (Å²) in [5.74, 6) is 1.03. The molecule has 0 atom stereocenters. The Balaban J connectivity index is 2.23. The molecule has 4 nitrogen and oxygen atoms in total. The minimum absolute atomic E-state index is 0.648. The number of likely N-dealkylation sites (N-methyl/N-ethyl adjacent to an activating group) is 1. The van der Waals surface area contributed by atoms with Crippen molar-refractivity contribution in [3.8, 4) is 0 Å². The molecule has 0 aromatic carbocycles. The molecule has 1 aromatic rings. The lowest BCUT2D eigenvalue weighted by Crippen LogP contribution is -2.26. The fraction of sp³-hybridized carbons (Fsp3) is 0.667. The van der Waals surface area contributed by atoms with Gasteiger partial charge in [-0.3, -0.25) is 4.90 Å². The predicted molar refractivity (Wildman–Crippen MR) is 49.3 cm³/mol. The summed E-state index contributed by atoms with van der Waals surface area (Å²) < 4.78 is 5.26. The number of hydrogen-bond donors (Lipinski definition) is 1. The van der Waals surface area contributed by atoms with E-state index in [1.54, 1.807) is 0 Å². The average molecular weight is 181 g/mol. The van der Waals surface area contributed by atoms with Crippen LogP contribution in [0.25, 0.3) is 0 Å². The maximum Gasteiger partial charge on any atom is 0.154 e. The van der Waals surface area contributed by atoms with Crippen LogP contribution in [0.15, 0.2) is 4.52 Å². The van der Waals surface area contributed by atoms with Gasteiger partial charge in [-0.25, -0.2) is 0 Å². The van der Waals surface area contributed by atoms with Gasteiger partial charge in [0.05, 0.1) is 12.2 Å². The molecular formula is C9H15N3O. The third-order valence-corrected chi connectivity index (χ3v) is 2.49. The van der Waals surface area contributed by atoms with Gasteiger partial charge in [-0.05, 0) is 20.0 Å². The van der Waals surface area contributed by atoms with Gasteiger partial charge in [0, 0.05) is 18.5 Å². The van der Waals surface area contributed by atoms with E-state index < -0.39 is 0 Å². The number of nitrogens with zero attached hydrogens (tertiary/aromatic N) is 2. The van der Waals surface area contributed by atoms with Crippen LogP contribution in [-0.4, -0.2) is 30.2 Å². The quantitative estimate of drug-likeness (QED) is 0.706. The molecule has 0 bridgehead atoms. The number of fused-ring (bicyclic) bond motifs is 1. The Hall–Kier alpha value is -0.870. The number of rotatable bonds is 2. The number of nitrogens with two attached hydrogens (primary N) is 1. The van der Waals surface area contributed by atoms with Crippen molar-refractivity contribution in [3.63, 3.8) is 0 Å². The Bertz CT molecular complexity index is 282. The second-order valence-electron chi connectivity index (χ2n) is 3.56. The summed E-state index contributed by atoms with van der Waals surface area (Å²) in [7, 11) is 2.09. The highest BCUT2D eigenvalue weighted by Crippen LogP contribution is 2.21. The third kappa shape index (κ3) is 1.59. The van der Waals surface area contributed by atoms with Crippen molar-refractivity contribution in [2.75, 3.05) is 20.1 Å². The van der Waals surface area contributed by atoms with Crippen molar-refractivity contribution in [1.29, 1.82) is 0 Å². The zero-order chi connectivity index (χ0) is 9.26. The first-order valence-electron chi connectivity index (χ1n) is 4.66. The molecule has 0 unspecified atom stereocenters. The van der Waals surface area contributed by atoms with Crippen molar-refractivity contribution < 1.29 is 4.52 Å². The first-order valence-corrected chi connectivity index (χ1v) is 4.66. The van der Waals surface area contributed by atoms with E-state index >= 15 is 0 Å². The molecule has 0 fully saturated rings. The van der Waals surface area contributed by atoms with Gasteiger partial charge in [-0.15, -0.1) is 0 Å². The SMILES string of the molecule is CN1CCc2c(CCN)noc2C1. The topological polar surface area (TPSA) is 55.3 Å². The van der Waals surface area contributed by atoms with E-state index in [0.29, 0.717) is 6.54 Å². The van der Waals surface area contributed by atoms with Crippen LogP contribution in [0.2, 0.25) is 0 Å². The summed E-state index contributed by atoms with van der Waals surface area (Å²) in [5.41, 5.74) is 7.84. The lowest BCUT2D eigenvalue weighted by molar-refractivity contribution is 0.257. The Kier molecular flexibility index (Phi) is 2.33. The van der Waals surface area contributed by atoms with Crippen molar-refractivity contribution >= 4 is 0 Å². The lowest BCUT2D eigenvalue weighted by Gasteiger charge is -2.20. The van der Waals surface area contributed by atoms with Gasteiger partial charge in [0.25, 0.3) is 0 Å². The van der Waals surface area contributed by atoms with Crippen LogP contribution < -0.4 is 5.73 Å². The lowest BCUT2D eigenvalue weighted by atomic mass is 10.0. The van der Waals surface area contributed by atoms with E-state index in [4.69, 9.17) is 10.3 Å². The van der Waals surface area contributed by atoms with Crippen LogP contribution >= 0.6 is 0 Å². The molecule has 2 rings (SSSR count). The molecule has 72 valence electrons. The van der Waals surface area contributed by atoms with Gasteiger partial charge < -0.3 is 10.3 Å². The van der Waals surface area contributed by atoms with Crippen LogP contribution in [0.3, 0.4) is 0 Å². The minimum atomic E-state index is 0.648. The molecule has 2 N–H and O–H groups in total. The molecule has 0 saturated heterocycles. The maximum absolute atomic E-state index is 5.49. The second kappa shape index (κ2) is 3.47. The van der Waals surface area contributed by atoms with Gasteiger partial charge in [0.2, 0.25) is 0 Å². The molecule has 0 radical (unpaired) electrons. The molecule has 13 heavy (non-hydrogen) atoms. The third-order valence-electron chi connectivity index (χ3n) is 2.49. The van der Waals surface area contributed by atoms with Gasteiger partial charge >= 0.3 is 0 Å². The Morgan fingerprint density at radius 3 is 3.23 bits per heavy atom. The Labute approximate surface area is 77.7 Å². The molecule has 2 heterocycles. The normalized spacial score (nSPS) is 17.4. The fourth-order valence-electron chi connectivity index (χ4n) is 1.75. The zero-order valence-electron chi connectivity index (χ0n) is 7.92. The fourth-order valence-corrected chi connectivity index (χ4v) is 1.75. The monoisotopic (exact) mass is 181 g/mol. The van der Waals surface area contributed by atoms with Crippen LogP contribution in [0.1, 0.15) is 17.0 Å². The number of hydrogen-bond acceptors (Lipinski definition) is 4. The predicted octanol–water partition coefficient (Wildman–Crippen LogP) is 0.164. The van der Waals surface area contributed by atoms with E-state index in [9.17, 15) is 0 Å². The molecule has 0 spiro atoms. The molecular weight excluding hydrogens is 166 g/mol. The summed E-state index contributed by atoms with van der Waals surface area (Å²) in [6.45, 7) is 2.62. The zero-order valence-corrected chi connectivity index (χ0v) is 7.92. The summed E-state index contributed by atoms with van der Waals surface area (Å²) in [6, 6.07) is 0. The van der Waals surface area contributed by atoms with E-state index in [0.717, 1.165) is 37.4 Å². The Morgan fingerprint density at radius 1 is 1.62 bits per heavy atom. The van der Waals surface area contributed by atoms with Crippen LogP contribution in [0.4, 0.5) is 0 Å². The first kappa shape index (κ1) is 8.72. The molecule has 4 heteroatoms. The largest absolute Gasteiger partial charge is 0.359 e. The number of aromatic nitrogens is 1. The maximum atomic E-state index is 5.49. The second-order valence-corrected chi connectivity index (χ2v) is 3.56. The van der Waals surface area contributed by atoms with Crippen LogP contribution in [0, 0.1) is 0 Å². The van der Waals surface area contributed by atoms with Crippen molar-refractivity contribution in [2.45, 2.75) is 19.4 Å². The molecule has 1 aliphatic heterocycles.